The molecule has 2 aromatic rings. The number of benzene rings is 2. The predicted octanol–water partition coefficient (Wildman–Crippen LogP) is 5.68. The van der Waals surface area contributed by atoms with E-state index in [0.29, 0.717) is 48.2 Å². The van der Waals surface area contributed by atoms with Gasteiger partial charge in [-0.2, -0.15) is 0 Å². The first-order chi connectivity index (χ1) is 43.0. The minimum absolute atomic E-state index is 0.00726. The van der Waals surface area contributed by atoms with Crippen molar-refractivity contribution in [3.05, 3.63) is 108 Å². The summed E-state index contributed by atoms with van der Waals surface area (Å²) in [5.41, 5.74) is 7.35. The minimum Gasteiger partial charge on any atom is -0.343 e. The summed E-state index contributed by atoms with van der Waals surface area (Å²) in [6.45, 7) is 23.4. The highest BCUT2D eigenvalue weighted by Crippen LogP contribution is 2.28. The number of nitrogens with zero attached hydrogens (tertiary/aromatic N) is 6. The molecule has 500 valence electrons. The molecule has 2 aromatic carbocycles. The summed E-state index contributed by atoms with van der Waals surface area (Å²) in [4.78, 5) is 157. The van der Waals surface area contributed by atoms with Crippen molar-refractivity contribution in [1.29, 1.82) is 0 Å². The molecule has 0 aromatic heterocycles. The number of allylic oxidation sites excluding steroid dienone is 3. The van der Waals surface area contributed by atoms with Crippen LogP contribution in [0, 0.1) is 23.7 Å². The minimum atomic E-state index is -1.97. The molecule has 2 fully saturated rings. The molecule has 3 heterocycles. The van der Waals surface area contributed by atoms with E-state index in [1.807, 2.05) is 90.1 Å². The molecule has 21 heteroatoms. The maximum absolute atomic E-state index is 15.4. The fraction of sp³-hybridized carbons (Fsp3) is 0.600. The Kier molecular flexibility index (Phi) is 27.8. The second kappa shape index (κ2) is 34.1. The lowest BCUT2D eigenvalue weighted by Crippen LogP contribution is -2.68. The summed E-state index contributed by atoms with van der Waals surface area (Å²) in [6.07, 6.45) is 8.79. The van der Waals surface area contributed by atoms with Crippen molar-refractivity contribution >= 4 is 59.1 Å². The van der Waals surface area contributed by atoms with Crippen molar-refractivity contribution in [2.75, 3.05) is 47.8 Å². The van der Waals surface area contributed by atoms with Gasteiger partial charge in [0.15, 0.2) is 5.66 Å². The largest absolute Gasteiger partial charge is 0.343 e. The molecule has 3 aliphatic heterocycles. The number of nitrogens with two attached hydrogens (primary N) is 1. The Morgan fingerprint density at radius 1 is 0.670 bits per heavy atom. The van der Waals surface area contributed by atoms with E-state index in [1.165, 1.54) is 59.6 Å². The number of hydrogen-bond acceptors (Lipinski definition) is 11. The van der Waals surface area contributed by atoms with E-state index in [-0.39, 0.29) is 69.2 Å². The summed E-state index contributed by atoms with van der Waals surface area (Å²) in [5, 5.41) is 11.7. The van der Waals surface area contributed by atoms with Gasteiger partial charge in [0.25, 0.3) is 5.91 Å². The van der Waals surface area contributed by atoms with Crippen LogP contribution in [0.5, 0.6) is 0 Å². The van der Waals surface area contributed by atoms with E-state index in [4.69, 9.17) is 5.73 Å². The molecular formula is C70H105N11O10. The van der Waals surface area contributed by atoms with Gasteiger partial charge in [-0.25, -0.2) is 0 Å². The molecule has 21 nitrogen and oxygen atoms in total. The highest BCUT2D eigenvalue weighted by atomic mass is 16.2. The quantitative estimate of drug-likeness (QED) is 0.173. The molecular weight excluding hydrogens is 1150 g/mol. The summed E-state index contributed by atoms with van der Waals surface area (Å²) in [6, 6.07) is 8.85. The zero-order chi connectivity index (χ0) is 67.6. The summed E-state index contributed by atoms with van der Waals surface area (Å²) in [7, 11) is 5.95. The Balaban J connectivity index is 1.65. The van der Waals surface area contributed by atoms with Gasteiger partial charge in [0.2, 0.25) is 53.2 Å². The van der Waals surface area contributed by atoms with Crippen LogP contribution in [0.15, 0.2) is 96.6 Å². The molecule has 6 N–H and O–H groups in total. The molecule has 0 bridgehead atoms. The van der Waals surface area contributed by atoms with Gasteiger partial charge in [0.1, 0.15) is 48.3 Å². The number of likely N-dealkylation sites (N-methyl/N-ethyl adjacent to an activating group) is 4. The molecule has 2 saturated heterocycles. The molecule has 3 aliphatic rings. The molecule has 0 spiro atoms. The van der Waals surface area contributed by atoms with E-state index in [9.17, 15) is 33.6 Å². The van der Waals surface area contributed by atoms with Crippen LogP contribution in [0.25, 0.3) is 0 Å². The van der Waals surface area contributed by atoms with Crippen LogP contribution in [0.2, 0.25) is 0 Å². The van der Waals surface area contributed by atoms with Crippen LogP contribution >= 0.6 is 0 Å². The van der Waals surface area contributed by atoms with E-state index in [2.05, 4.69) is 27.8 Å². The normalized spacial score (nSPS) is 27.3. The number of piperidine rings is 1. The van der Waals surface area contributed by atoms with E-state index < -0.39 is 119 Å². The van der Waals surface area contributed by atoms with Gasteiger partial charge in [-0.1, -0.05) is 147 Å². The number of hydrogen-bond donors (Lipinski definition) is 5. The third kappa shape index (κ3) is 19.7. The SMILES string of the molecule is C=C1CC(=O)N[C@@](N)(CC(C)C)C(=O)N2CCC[C@H]2C(=O)N(C)[C@@H](C(C)C)C(=O)N[C@@H](Cc2ccccc2)C(=O)N(C)[C@@H](Cc2ccccc2)C(=O)N(C)[C@@H](CC(C)C)C(=O)N[C@@H](C)C(=O)N(C)[C@@H]([C@@H](C)CC)C(=O)NC(C(=O)N2CCCCC2)C/C=C\C1=C/C. The van der Waals surface area contributed by atoms with Crippen molar-refractivity contribution in [3.8, 4) is 0 Å². The van der Waals surface area contributed by atoms with Crippen molar-refractivity contribution in [2.45, 2.75) is 200 Å². The first kappa shape index (κ1) is 74.1. The van der Waals surface area contributed by atoms with Crippen LogP contribution in [0.4, 0.5) is 0 Å². The highest BCUT2D eigenvalue weighted by molar-refractivity contribution is 5.99. The van der Waals surface area contributed by atoms with Gasteiger partial charge in [0.05, 0.1) is 6.42 Å². The van der Waals surface area contributed by atoms with Crippen LogP contribution < -0.4 is 27.0 Å². The second-order valence-electron chi connectivity index (χ2n) is 26.5. The maximum atomic E-state index is 15.4. The van der Waals surface area contributed by atoms with Crippen molar-refractivity contribution < 1.29 is 47.9 Å². The fourth-order valence-corrected chi connectivity index (χ4v) is 12.9. The third-order valence-corrected chi connectivity index (χ3v) is 18.0. The topological polar surface area (TPSA) is 264 Å². The average Bonchev–Trinajstić information content (AvgIpc) is 1.82. The summed E-state index contributed by atoms with van der Waals surface area (Å²) < 4.78 is 0. The molecule has 0 saturated carbocycles. The third-order valence-electron chi connectivity index (χ3n) is 18.0. The molecule has 0 radical (unpaired) electrons. The Bertz CT molecular complexity index is 2940. The number of fused-ring (bicyclic) bond motifs is 1. The molecule has 10 atom stereocenters. The van der Waals surface area contributed by atoms with Gasteiger partial charge in [-0.15, -0.1) is 0 Å². The number of amides is 10. The van der Waals surface area contributed by atoms with Gasteiger partial charge in [-0.3, -0.25) is 47.9 Å². The van der Waals surface area contributed by atoms with Gasteiger partial charge >= 0.3 is 0 Å². The van der Waals surface area contributed by atoms with Gasteiger partial charge in [-0.05, 0) is 111 Å². The number of nitrogens with one attached hydrogen (secondary N) is 4. The number of likely N-dealkylation sites (tertiary alicyclic amines) is 1. The van der Waals surface area contributed by atoms with Crippen LogP contribution in [-0.2, 0) is 60.8 Å². The predicted molar refractivity (Wildman–Crippen MR) is 353 cm³/mol. The van der Waals surface area contributed by atoms with Crippen molar-refractivity contribution in [2.24, 2.45) is 29.4 Å². The van der Waals surface area contributed by atoms with Crippen LogP contribution in [0.1, 0.15) is 145 Å². The Morgan fingerprint density at radius 3 is 1.80 bits per heavy atom. The van der Waals surface area contributed by atoms with E-state index in [1.54, 1.807) is 56.0 Å². The Hall–Kier alpha value is -7.68. The standard InChI is InChI=1S/C70H105N11O10/c1-16-47(9)60-63(85)73-53(66(88)80-36-25-20-26-37-80)34-27-33-52(17-2)48(10)40-58(82)75-70(71,43-45(5)6)69(91)81-38-28-35-55(81)67(89)78(14)59(46(7)8)62(84)74-54(41-50-29-21-18-22-30-50)65(87)77(13)57(42-51-31-23-19-24-32-51)68(90)76(12)56(39-44(3)4)61(83)72-49(11)64(86)79(60)15/h17-19,21-24,27,29-33,44-47,49,53-57,59-60H,10,16,20,25-26,28,34-43,71H2,1-9,11-15H3,(H,72,83)(H,73,85)(H,74,84)(H,75,82)/b33-27-,52-17+/t47-,49-,53?,54-,55-,56-,57-,59-,60-,70-/m0/s1. The zero-order valence-corrected chi connectivity index (χ0v) is 56.6. The van der Waals surface area contributed by atoms with Gasteiger partial charge < -0.3 is 56.4 Å². The first-order valence-electron chi connectivity index (χ1n) is 32.7. The molecule has 1 unspecified atom stereocenters. The Labute approximate surface area is 540 Å². The number of carbonyl (C=O) groups excluding carboxylic acids is 10. The van der Waals surface area contributed by atoms with Gasteiger partial charge in [0, 0.05) is 60.7 Å². The lowest BCUT2D eigenvalue weighted by Gasteiger charge is -2.39. The molecule has 0 aliphatic carbocycles. The van der Waals surface area contributed by atoms with Crippen LogP contribution in [-0.4, -0.2) is 190 Å². The first-order valence-corrected chi connectivity index (χ1v) is 32.7. The fourth-order valence-electron chi connectivity index (χ4n) is 12.9. The molecule has 91 heavy (non-hydrogen) atoms. The average molecular weight is 1260 g/mol. The zero-order valence-electron chi connectivity index (χ0n) is 56.6. The number of rotatable bonds is 12. The van der Waals surface area contributed by atoms with Crippen molar-refractivity contribution in [3.63, 3.8) is 0 Å². The lowest BCUT2D eigenvalue weighted by molar-refractivity contribution is -0.152. The monoisotopic (exact) mass is 1260 g/mol. The highest BCUT2D eigenvalue weighted by Gasteiger charge is 2.48. The second-order valence-corrected chi connectivity index (χ2v) is 26.5. The van der Waals surface area contributed by atoms with E-state index in [0.717, 1.165) is 19.3 Å². The van der Waals surface area contributed by atoms with Crippen molar-refractivity contribution in [1.82, 2.24) is 50.7 Å². The summed E-state index contributed by atoms with van der Waals surface area (Å²) >= 11 is 0. The Morgan fingerprint density at radius 2 is 1.24 bits per heavy atom. The number of carbonyl (C=O) groups is 10. The molecule has 5 rings (SSSR count). The van der Waals surface area contributed by atoms with Crippen LogP contribution in [0.3, 0.4) is 0 Å². The van der Waals surface area contributed by atoms with E-state index >= 15 is 14.4 Å². The molecule has 10 amide bonds. The lowest BCUT2D eigenvalue weighted by atomic mass is 9.94. The maximum Gasteiger partial charge on any atom is 0.263 e. The summed E-state index contributed by atoms with van der Waals surface area (Å²) in [5.74, 6) is -7.11. The smallest absolute Gasteiger partial charge is 0.263 e.